The number of unbranched alkanes of at least 4 members (excludes halogenated alkanes) is 43. The van der Waals surface area contributed by atoms with Crippen LogP contribution in [-0.4, -0.2) is 99.6 Å². The molecule has 0 saturated carbocycles. The maximum atomic E-state index is 13.5. The fourth-order valence-electron chi connectivity index (χ4n) is 11.4. The molecule has 0 aromatic heterocycles. The minimum Gasteiger partial charge on any atom is -0.454 e. The second-order valence-corrected chi connectivity index (χ2v) is 25.3. The van der Waals surface area contributed by atoms with Gasteiger partial charge in [-0.1, -0.05) is 307 Å². The number of carbonyl (C=O) groups is 2. The van der Waals surface area contributed by atoms with Crippen molar-refractivity contribution in [1.29, 1.82) is 0 Å². The minimum absolute atomic E-state index is 0.124. The van der Waals surface area contributed by atoms with Gasteiger partial charge in [-0.25, -0.2) is 0 Å². The van der Waals surface area contributed by atoms with Gasteiger partial charge in [-0.2, -0.15) is 0 Å². The summed E-state index contributed by atoms with van der Waals surface area (Å²) in [4.78, 5) is 26.7. The lowest BCUT2D eigenvalue weighted by atomic mass is 9.99. The lowest BCUT2D eigenvalue weighted by Gasteiger charge is -2.41. The summed E-state index contributed by atoms with van der Waals surface area (Å²) in [7, 11) is 0. The van der Waals surface area contributed by atoms with E-state index < -0.39 is 67.4 Å². The lowest BCUT2D eigenvalue weighted by molar-refractivity contribution is -0.305. The molecule has 1 amide bonds. The van der Waals surface area contributed by atoms with Gasteiger partial charge in [0.2, 0.25) is 5.91 Å². The van der Waals surface area contributed by atoms with Crippen LogP contribution < -0.4 is 5.32 Å². The van der Waals surface area contributed by atoms with E-state index in [0.717, 1.165) is 64.2 Å². The summed E-state index contributed by atoms with van der Waals surface area (Å²) >= 11 is 0. The number of allylic oxidation sites excluding steroid dienone is 7. The number of esters is 1. The van der Waals surface area contributed by atoms with Crippen LogP contribution in [-0.2, 0) is 23.8 Å². The first-order chi connectivity index (χ1) is 41.7. The van der Waals surface area contributed by atoms with Crippen LogP contribution in [0.5, 0.6) is 0 Å². The van der Waals surface area contributed by atoms with Gasteiger partial charge in [0.25, 0.3) is 0 Å². The summed E-state index contributed by atoms with van der Waals surface area (Å²) in [6, 6.07) is -1.02. The Labute approximate surface area is 523 Å². The van der Waals surface area contributed by atoms with Crippen molar-refractivity contribution < 1.29 is 49.3 Å². The highest BCUT2D eigenvalue weighted by Gasteiger charge is 2.47. The smallest absolute Gasteiger partial charge is 0.306 e. The molecule has 0 spiro atoms. The number of hydrogen-bond donors (Lipinski definition) is 6. The van der Waals surface area contributed by atoms with Gasteiger partial charge in [-0.05, 0) is 83.5 Å². The number of hydrogen-bond acceptors (Lipinski definition) is 10. The van der Waals surface area contributed by atoms with Crippen LogP contribution >= 0.6 is 0 Å². The molecule has 1 fully saturated rings. The highest BCUT2D eigenvalue weighted by atomic mass is 16.7. The molecule has 11 nitrogen and oxygen atoms in total. The van der Waals surface area contributed by atoms with Gasteiger partial charge >= 0.3 is 5.97 Å². The molecule has 498 valence electrons. The Morgan fingerprint density at radius 1 is 0.459 bits per heavy atom. The first-order valence-corrected chi connectivity index (χ1v) is 36.4. The van der Waals surface area contributed by atoms with Crippen LogP contribution in [0.4, 0.5) is 0 Å². The summed E-state index contributed by atoms with van der Waals surface area (Å²) in [5.74, 6) is -1.18. The van der Waals surface area contributed by atoms with Crippen molar-refractivity contribution in [2.45, 2.75) is 397 Å². The molecule has 1 heterocycles. The average molecular weight is 1200 g/mol. The third-order valence-corrected chi connectivity index (χ3v) is 17.2. The Morgan fingerprint density at radius 3 is 1.24 bits per heavy atom. The Balaban J connectivity index is 2.53. The van der Waals surface area contributed by atoms with Crippen molar-refractivity contribution in [3.63, 3.8) is 0 Å². The monoisotopic (exact) mass is 1200 g/mol. The van der Waals surface area contributed by atoms with Crippen LogP contribution in [0.25, 0.3) is 0 Å². The van der Waals surface area contributed by atoms with Crippen molar-refractivity contribution in [3.8, 4) is 0 Å². The van der Waals surface area contributed by atoms with Crippen LogP contribution in [0.2, 0.25) is 0 Å². The van der Waals surface area contributed by atoms with E-state index in [1.165, 1.54) is 238 Å². The van der Waals surface area contributed by atoms with E-state index in [1.807, 2.05) is 6.08 Å². The van der Waals surface area contributed by atoms with Gasteiger partial charge in [0.15, 0.2) is 12.4 Å². The molecular formula is C74H137NO10. The molecule has 11 heteroatoms. The highest BCUT2D eigenvalue weighted by molar-refractivity contribution is 5.80. The molecule has 6 N–H and O–H groups in total. The number of rotatable bonds is 63. The zero-order valence-electron chi connectivity index (χ0n) is 55.5. The zero-order valence-corrected chi connectivity index (χ0v) is 55.5. The maximum absolute atomic E-state index is 13.5. The fraction of sp³-hybridized carbons (Fsp3) is 0.865. The molecule has 0 radical (unpaired) electrons. The predicted octanol–water partition coefficient (Wildman–Crippen LogP) is 18.7. The molecule has 8 unspecified atom stereocenters. The number of amides is 1. The normalized spacial score (nSPS) is 18.6. The number of nitrogens with one attached hydrogen (secondary N) is 1. The van der Waals surface area contributed by atoms with Crippen molar-refractivity contribution in [2.24, 2.45) is 0 Å². The SMILES string of the molecule is CCCCC/C=C\C/C=C\CCCCCCCCCCCCCCCC(=O)OC1C(OCC(NC(=O)C(O)CCCCCCCCCCCCCC/C=C/CCCCCCCC)C(O)/C=C/CCCCCCCCCCC)OC(CO)C(O)C1O. The molecule has 1 aliphatic heterocycles. The Kier molecular flexibility index (Phi) is 58.7. The molecule has 0 aliphatic carbocycles. The van der Waals surface area contributed by atoms with Crippen LogP contribution in [0.3, 0.4) is 0 Å². The summed E-state index contributed by atoms with van der Waals surface area (Å²) in [5.41, 5.74) is 0. The minimum atomic E-state index is -1.61. The third kappa shape index (κ3) is 49.1. The Bertz CT molecular complexity index is 1570. The summed E-state index contributed by atoms with van der Waals surface area (Å²) in [6.07, 6.45) is 67.3. The second-order valence-electron chi connectivity index (χ2n) is 25.3. The first kappa shape index (κ1) is 80.6. The number of aliphatic hydroxyl groups excluding tert-OH is 5. The lowest BCUT2D eigenvalue weighted by Crippen LogP contribution is -2.61. The second kappa shape index (κ2) is 61.8. The van der Waals surface area contributed by atoms with E-state index in [1.54, 1.807) is 6.08 Å². The first-order valence-electron chi connectivity index (χ1n) is 36.4. The van der Waals surface area contributed by atoms with E-state index in [-0.39, 0.29) is 13.0 Å². The molecule has 0 bridgehead atoms. The van der Waals surface area contributed by atoms with Gasteiger partial charge in [0.05, 0.1) is 25.4 Å². The summed E-state index contributed by atoms with van der Waals surface area (Å²) < 4.78 is 17.7. The molecule has 8 atom stereocenters. The molecule has 1 aliphatic rings. The van der Waals surface area contributed by atoms with Crippen molar-refractivity contribution >= 4 is 11.9 Å². The zero-order chi connectivity index (χ0) is 61.7. The van der Waals surface area contributed by atoms with Gasteiger partial charge in [0, 0.05) is 6.42 Å². The van der Waals surface area contributed by atoms with Crippen LogP contribution in [0.1, 0.15) is 348 Å². The predicted molar refractivity (Wildman–Crippen MR) is 357 cm³/mol. The van der Waals surface area contributed by atoms with E-state index in [4.69, 9.17) is 14.2 Å². The van der Waals surface area contributed by atoms with E-state index >= 15 is 0 Å². The van der Waals surface area contributed by atoms with Crippen LogP contribution in [0.15, 0.2) is 48.6 Å². The topological polar surface area (TPSA) is 175 Å². The highest BCUT2D eigenvalue weighted by Crippen LogP contribution is 2.26. The Morgan fingerprint density at radius 2 is 0.812 bits per heavy atom. The molecular weight excluding hydrogens is 1060 g/mol. The standard InChI is InChI=1S/C74H137NO10/c1-4-7-10-13-16-19-22-24-26-28-30-32-34-36-38-40-42-44-47-50-53-56-59-62-69(79)85-72-71(81)70(80)68(63-76)84-74(72)83-64-65(66(77)60-57-54-51-48-45-21-18-15-12-9-6-3)75-73(82)67(78)61-58-55-52-49-46-43-41-39-37-35-33-31-29-27-25-23-20-17-14-11-8-5-2/h16,19,24-27,57,60,65-68,70-72,74,76-78,80-81H,4-15,17-18,20-23,28-56,58-59,61-64H2,1-3H3,(H,75,82)/b19-16-,26-24-,27-25+,60-57+. The molecule has 85 heavy (non-hydrogen) atoms. The molecule has 0 aromatic carbocycles. The number of carbonyl (C=O) groups excluding carboxylic acids is 2. The number of aliphatic hydroxyl groups is 5. The van der Waals surface area contributed by atoms with Crippen molar-refractivity contribution in [1.82, 2.24) is 5.32 Å². The largest absolute Gasteiger partial charge is 0.454 e. The third-order valence-electron chi connectivity index (χ3n) is 17.2. The fourth-order valence-corrected chi connectivity index (χ4v) is 11.4. The van der Waals surface area contributed by atoms with E-state index in [2.05, 4.69) is 62.5 Å². The van der Waals surface area contributed by atoms with E-state index in [0.29, 0.717) is 19.3 Å². The van der Waals surface area contributed by atoms with E-state index in [9.17, 15) is 35.1 Å². The van der Waals surface area contributed by atoms with Crippen molar-refractivity contribution in [3.05, 3.63) is 48.6 Å². The van der Waals surface area contributed by atoms with Gasteiger partial charge in [0.1, 0.15) is 24.4 Å². The molecule has 1 saturated heterocycles. The molecule has 1 rings (SSSR count). The summed E-state index contributed by atoms with van der Waals surface area (Å²) in [6.45, 7) is 5.80. The van der Waals surface area contributed by atoms with Gasteiger partial charge in [-0.3, -0.25) is 9.59 Å². The van der Waals surface area contributed by atoms with Gasteiger partial charge < -0.3 is 45.1 Å². The quantitative estimate of drug-likeness (QED) is 0.0195. The van der Waals surface area contributed by atoms with Crippen LogP contribution in [0, 0.1) is 0 Å². The average Bonchev–Trinajstić information content (AvgIpc) is 2.90. The van der Waals surface area contributed by atoms with Crippen molar-refractivity contribution in [2.75, 3.05) is 13.2 Å². The summed E-state index contributed by atoms with van der Waals surface area (Å²) in [5, 5.41) is 57.2. The molecule has 0 aromatic rings. The maximum Gasteiger partial charge on any atom is 0.306 e. The number of ether oxygens (including phenoxy) is 3. The Hall–Kier alpha value is -2.38. The van der Waals surface area contributed by atoms with Gasteiger partial charge in [-0.15, -0.1) is 0 Å².